The molecule has 1 N–H and O–H groups in total. The number of nitrogens with zero attached hydrogens (tertiary/aromatic N) is 1. The quantitative estimate of drug-likeness (QED) is 0.854. The summed E-state index contributed by atoms with van der Waals surface area (Å²) in [7, 11) is 0. The zero-order valence-corrected chi connectivity index (χ0v) is 10.9. The van der Waals surface area contributed by atoms with E-state index in [1.165, 1.54) is 12.8 Å². The maximum absolute atomic E-state index is 10.5. The first-order chi connectivity index (χ1) is 8.16. The molecule has 1 saturated heterocycles. The highest BCUT2D eigenvalue weighted by Gasteiger charge is 2.38. The molecule has 2 heterocycles. The average molecular weight is 237 g/mol. The molecule has 2 rings (SSSR count). The number of hydrogen-bond acceptors (Lipinski definition) is 3. The molecule has 2 atom stereocenters. The van der Waals surface area contributed by atoms with Crippen molar-refractivity contribution in [2.45, 2.75) is 51.2 Å². The van der Waals surface area contributed by atoms with E-state index in [9.17, 15) is 5.11 Å². The number of likely N-dealkylation sites (tertiary alicyclic amines) is 1. The molecule has 1 aromatic rings. The molecule has 0 aromatic carbocycles. The normalized spacial score (nSPS) is 22.5. The van der Waals surface area contributed by atoms with Crippen LogP contribution in [0, 0.1) is 0 Å². The van der Waals surface area contributed by atoms with E-state index >= 15 is 0 Å². The van der Waals surface area contributed by atoms with Gasteiger partial charge < -0.3 is 9.52 Å². The van der Waals surface area contributed by atoms with Gasteiger partial charge in [0, 0.05) is 12.0 Å². The van der Waals surface area contributed by atoms with Gasteiger partial charge in [-0.05, 0) is 50.9 Å². The van der Waals surface area contributed by atoms with E-state index in [1.807, 2.05) is 6.07 Å². The Labute approximate surface area is 103 Å². The molecule has 0 spiro atoms. The lowest BCUT2D eigenvalue weighted by Gasteiger charge is -2.42. The highest BCUT2D eigenvalue weighted by atomic mass is 16.3. The lowest BCUT2D eigenvalue weighted by molar-refractivity contribution is -0.0117. The van der Waals surface area contributed by atoms with E-state index in [0.717, 1.165) is 25.1 Å². The smallest absolute Gasteiger partial charge is 0.0935 e. The molecule has 0 bridgehead atoms. The highest BCUT2D eigenvalue weighted by molar-refractivity contribution is 5.09. The molecule has 1 fully saturated rings. The van der Waals surface area contributed by atoms with Gasteiger partial charge >= 0.3 is 0 Å². The average Bonchev–Trinajstić information content (AvgIpc) is 3.00. The lowest BCUT2D eigenvalue weighted by Crippen LogP contribution is -2.53. The summed E-state index contributed by atoms with van der Waals surface area (Å²) in [5.74, 6) is 0. The van der Waals surface area contributed by atoms with Crippen LogP contribution in [0.4, 0.5) is 0 Å². The van der Waals surface area contributed by atoms with Gasteiger partial charge in [0.15, 0.2) is 0 Å². The monoisotopic (exact) mass is 237 g/mol. The van der Waals surface area contributed by atoms with Crippen LogP contribution in [0.1, 0.15) is 38.7 Å². The molecule has 1 aliphatic heterocycles. The predicted octanol–water partition coefficient (Wildman–Crippen LogP) is 2.45. The van der Waals surface area contributed by atoms with Crippen molar-refractivity contribution in [1.29, 1.82) is 0 Å². The van der Waals surface area contributed by atoms with E-state index in [4.69, 9.17) is 4.42 Å². The maximum atomic E-state index is 10.5. The Balaban J connectivity index is 2.05. The standard InChI is InChI=1S/C14H23NO2/c1-3-14(2,15-7-4-5-8-15)13(16)10-12-6-9-17-11-12/h6,9,11,13,16H,3-5,7-8,10H2,1-2H3. The molecule has 3 heteroatoms. The molecule has 0 radical (unpaired) electrons. The second kappa shape index (κ2) is 5.23. The largest absolute Gasteiger partial charge is 0.472 e. The Morgan fingerprint density at radius 3 is 2.71 bits per heavy atom. The summed E-state index contributed by atoms with van der Waals surface area (Å²) < 4.78 is 5.06. The molecule has 2 unspecified atom stereocenters. The van der Waals surface area contributed by atoms with Crippen molar-refractivity contribution in [2.24, 2.45) is 0 Å². The molecular formula is C14H23NO2. The second-order valence-electron chi connectivity index (χ2n) is 5.26. The van der Waals surface area contributed by atoms with E-state index in [-0.39, 0.29) is 11.6 Å². The molecule has 17 heavy (non-hydrogen) atoms. The minimum atomic E-state index is -0.330. The first-order valence-electron chi connectivity index (χ1n) is 6.61. The lowest BCUT2D eigenvalue weighted by atomic mass is 9.86. The topological polar surface area (TPSA) is 36.6 Å². The Morgan fingerprint density at radius 1 is 1.47 bits per heavy atom. The number of aliphatic hydroxyl groups excluding tert-OH is 1. The summed E-state index contributed by atoms with van der Waals surface area (Å²) in [5, 5.41) is 10.5. The molecule has 1 aliphatic rings. The fourth-order valence-corrected chi connectivity index (χ4v) is 2.75. The van der Waals surface area contributed by atoms with Gasteiger partial charge in [-0.1, -0.05) is 6.92 Å². The van der Waals surface area contributed by atoms with Crippen molar-refractivity contribution < 1.29 is 9.52 Å². The van der Waals surface area contributed by atoms with Gasteiger partial charge in [-0.25, -0.2) is 0 Å². The van der Waals surface area contributed by atoms with Crippen LogP contribution in [0.25, 0.3) is 0 Å². The van der Waals surface area contributed by atoms with Crippen molar-refractivity contribution in [3.05, 3.63) is 24.2 Å². The van der Waals surface area contributed by atoms with E-state index in [0.29, 0.717) is 6.42 Å². The minimum Gasteiger partial charge on any atom is -0.472 e. The molecule has 1 aromatic heterocycles. The van der Waals surface area contributed by atoms with Crippen LogP contribution in [0.15, 0.2) is 23.0 Å². The SMILES string of the molecule is CCC(C)(C(O)Cc1ccoc1)N1CCCC1. The van der Waals surface area contributed by atoms with Crippen LogP contribution < -0.4 is 0 Å². The molecule has 3 nitrogen and oxygen atoms in total. The molecule has 0 saturated carbocycles. The van der Waals surface area contributed by atoms with Gasteiger partial charge in [-0.15, -0.1) is 0 Å². The van der Waals surface area contributed by atoms with Crippen LogP contribution in [0.5, 0.6) is 0 Å². The van der Waals surface area contributed by atoms with Crippen LogP contribution >= 0.6 is 0 Å². The van der Waals surface area contributed by atoms with Gasteiger partial charge in [0.1, 0.15) is 0 Å². The van der Waals surface area contributed by atoms with Crippen molar-refractivity contribution in [2.75, 3.05) is 13.1 Å². The number of rotatable bonds is 5. The maximum Gasteiger partial charge on any atom is 0.0935 e. The fraction of sp³-hybridized carbons (Fsp3) is 0.714. The third kappa shape index (κ3) is 2.55. The van der Waals surface area contributed by atoms with Crippen molar-refractivity contribution in [1.82, 2.24) is 4.90 Å². The zero-order valence-electron chi connectivity index (χ0n) is 10.9. The summed E-state index contributed by atoms with van der Waals surface area (Å²) in [5.41, 5.74) is 0.977. The van der Waals surface area contributed by atoms with Gasteiger partial charge in [-0.3, -0.25) is 4.90 Å². The third-order valence-corrected chi connectivity index (χ3v) is 4.27. The van der Waals surface area contributed by atoms with Crippen molar-refractivity contribution in [3.8, 4) is 0 Å². The molecular weight excluding hydrogens is 214 g/mol. The molecule has 0 aliphatic carbocycles. The van der Waals surface area contributed by atoms with Gasteiger partial charge in [0.2, 0.25) is 0 Å². The van der Waals surface area contributed by atoms with Gasteiger partial charge in [0.25, 0.3) is 0 Å². The van der Waals surface area contributed by atoms with E-state index in [1.54, 1.807) is 12.5 Å². The second-order valence-corrected chi connectivity index (χ2v) is 5.26. The summed E-state index contributed by atoms with van der Waals surface area (Å²) in [4.78, 5) is 2.44. The van der Waals surface area contributed by atoms with Gasteiger partial charge in [0.05, 0.1) is 18.6 Å². The number of hydrogen-bond donors (Lipinski definition) is 1. The van der Waals surface area contributed by atoms with Crippen molar-refractivity contribution in [3.63, 3.8) is 0 Å². The van der Waals surface area contributed by atoms with Crippen LogP contribution in [0.3, 0.4) is 0 Å². The summed E-state index contributed by atoms with van der Waals surface area (Å²) in [6.45, 7) is 6.58. The molecule has 0 amide bonds. The fourth-order valence-electron chi connectivity index (χ4n) is 2.75. The summed E-state index contributed by atoms with van der Waals surface area (Å²) >= 11 is 0. The van der Waals surface area contributed by atoms with Crippen LogP contribution in [-0.4, -0.2) is 34.7 Å². The van der Waals surface area contributed by atoms with Gasteiger partial charge in [-0.2, -0.15) is 0 Å². The zero-order chi connectivity index (χ0) is 12.3. The van der Waals surface area contributed by atoms with E-state index in [2.05, 4.69) is 18.7 Å². The molecule has 96 valence electrons. The first kappa shape index (κ1) is 12.7. The predicted molar refractivity (Wildman–Crippen MR) is 67.9 cm³/mol. The Morgan fingerprint density at radius 2 is 2.18 bits per heavy atom. The Hall–Kier alpha value is -0.800. The van der Waals surface area contributed by atoms with Crippen molar-refractivity contribution >= 4 is 0 Å². The van der Waals surface area contributed by atoms with E-state index < -0.39 is 0 Å². The third-order valence-electron chi connectivity index (χ3n) is 4.27. The number of furan rings is 1. The Bertz CT molecular complexity index is 330. The summed E-state index contributed by atoms with van der Waals surface area (Å²) in [6, 6.07) is 1.93. The minimum absolute atomic E-state index is 0.103. The first-order valence-corrected chi connectivity index (χ1v) is 6.61. The van der Waals surface area contributed by atoms with Crippen LogP contribution in [-0.2, 0) is 6.42 Å². The number of aliphatic hydroxyl groups is 1. The summed E-state index contributed by atoms with van der Waals surface area (Å²) in [6.07, 6.45) is 7.23. The van der Waals surface area contributed by atoms with Crippen LogP contribution in [0.2, 0.25) is 0 Å². The Kier molecular flexibility index (Phi) is 3.89. The highest BCUT2D eigenvalue weighted by Crippen LogP contribution is 2.29.